The summed E-state index contributed by atoms with van der Waals surface area (Å²) in [5.74, 6) is 0.402. The highest BCUT2D eigenvalue weighted by Gasteiger charge is 2.25. The summed E-state index contributed by atoms with van der Waals surface area (Å²) in [7, 11) is 0. The fourth-order valence-corrected chi connectivity index (χ4v) is 3.21. The molecule has 0 aliphatic carbocycles. The van der Waals surface area contributed by atoms with Crippen molar-refractivity contribution in [3.05, 3.63) is 35.2 Å². The van der Waals surface area contributed by atoms with Gasteiger partial charge in [0.25, 0.3) is 5.22 Å². The van der Waals surface area contributed by atoms with Crippen molar-refractivity contribution in [3.8, 4) is 0 Å². The van der Waals surface area contributed by atoms with Crippen LogP contribution >= 0.6 is 23.4 Å². The van der Waals surface area contributed by atoms with Gasteiger partial charge in [0, 0.05) is 10.7 Å². The molecule has 0 unspecified atom stereocenters. The summed E-state index contributed by atoms with van der Waals surface area (Å²) in [6, 6.07) is 6.40. The van der Waals surface area contributed by atoms with E-state index in [-0.39, 0.29) is 28.7 Å². The number of alkyl carbamates (subject to hydrolysis) is 1. The van der Waals surface area contributed by atoms with Crippen molar-refractivity contribution < 1.29 is 18.7 Å². The summed E-state index contributed by atoms with van der Waals surface area (Å²) < 4.78 is 11.0. The van der Waals surface area contributed by atoms with Crippen LogP contribution in [0.1, 0.15) is 53.0 Å². The molecule has 2 amide bonds. The van der Waals surface area contributed by atoms with Crippen molar-refractivity contribution in [3.63, 3.8) is 0 Å². The molecule has 2 rings (SSSR count). The Kier molecular flexibility index (Phi) is 8.54. The number of thioether (sulfide) groups is 1. The standard InChI is InChI=1S/C20H27ClN4O4S/c1-12(2)9-15(23-18(27)29-20(3,4)5)17-24-25-19(28-17)30-11-16(26)22-14-8-6-7-13(21)10-14/h6-8,10,12,15H,9,11H2,1-5H3,(H,22,26)(H,23,27)/t15-/m0/s1. The molecule has 1 atom stereocenters. The van der Waals surface area contributed by atoms with Crippen molar-refractivity contribution in [1.82, 2.24) is 15.5 Å². The number of benzene rings is 1. The average Bonchev–Trinajstić information content (AvgIpc) is 3.06. The van der Waals surface area contributed by atoms with E-state index in [4.69, 9.17) is 20.8 Å². The minimum Gasteiger partial charge on any atom is -0.444 e. The second-order valence-electron chi connectivity index (χ2n) is 8.08. The van der Waals surface area contributed by atoms with E-state index < -0.39 is 17.7 Å². The number of aromatic nitrogens is 2. The van der Waals surface area contributed by atoms with Crippen molar-refractivity contribution in [1.29, 1.82) is 0 Å². The number of carbonyl (C=O) groups excluding carboxylic acids is 2. The molecule has 2 aromatic rings. The third-order valence-electron chi connectivity index (χ3n) is 3.55. The second kappa shape index (κ2) is 10.7. The van der Waals surface area contributed by atoms with Crippen LogP contribution in [0.25, 0.3) is 0 Å². The van der Waals surface area contributed by atoms with Gasteiger partial charge in [0.1, 0.15) is 11.6 Å². The number of anilines is 1. The Balaban J connectivity index is 1.95. The van der Waals surface area contributed by atoms with Crippen molar-refractivity contribution in [2.45, 2.75) is 57.9 Å². The number of halogens is 1. The first-order chi connectivity index (χ1) is 14.0. The van der Waals surface area contributed by atoms with Crippen LogP contribution in [0.4, 0.5) is 10.5 Å². The first-order valence-corrected chi connectivity index (χ1v) is 10.9. The lowest BCUT2D eigenvalue weighted by Crippen LogP contribution is -2.35. The molecule has 0 saturated heterocycles. The molecule has 0 radical (unpaired) electrons. The van der Waals surface area contributed by atoms with Gasteiger partial charge >= 0.3 is 6.09 Å². The highest BCUT2D eigenvalue weighted by molar-refractivity contribution is 7.99. The number of amides is 2. The zero-order valence-electron chi connectivity index (χ0n) is 17.7. The number of carbonyl (C=O) groups is 2. The number of nitrogens with zero attached hydrogens (tertiary/aromatic N) is 2. The molecule has 0 spiro atoms. The molecule has 30 heavy (non-hydrogen) atoms. The van der Waals surface area contributed by atoms with Crippen molar-refractivity contribution in [2.24, 2.45) is 5.92 Å². The fraction of sp³-hybridized carbons (Fsp3) is 0.500. The summed E-state index contributed by atoms with van der Waals surface area (Å²) in [4.78, 5) is 24.3. The van der Waals surface area contributed by atoms with Gasteiger partial charge in [0.05, 0.1) is 5.75 Å². The van der Waals surface area contributed by atoms with Crippen LogP contribution in [0.2, 0.25) is 5.02 Å². The van der Waals surface area contributed by atoms with Gasteiger partial charge in [-0.1, -0.05) is 43.3 Å². The SMILES string of the molecule is CC(C)C[C@H](NC(=O)OC(C)(C)C)c1nnc(SCC(=O)Nc2cccc(Cl)c2)o1. The van der Waals surface area contributed by atoms with Gasteiger partial charge in [0.15, 0.2) is 0 Å². The largest absolute Gasteiger partial charge is 0.444 e. The molecular weight excluding hydrogens is 428 g/mol. The molecule has 1 aromatic heterocycles. The van der Waals surface area contributed by atoms with E-state index in [1.807, 2.05) is 13.8 Å². The number of hydrogen-bond donors (Lipinski definition) is 2. The maximum absolute atomic E-state index is 12.2. The minimum absolute atomic E-state index is 0.0858. The third-order valence-corrected chi connectivity index (χ3v) is 4.61. The second-order valence-corrected chi connectivity index (χ2v) is 9.44. The molecule has 8 nitrogen and oxygen atoms in total. The van der Waals surface area contributed by atoms with Crippen LogP contribution in [-0.4, -0.2) is 33.6 Å². The Hall–Kier alpha value is -2.26. The summed E-state index contributed by atoms with van der Waals surface area (Å²) in [6.45, 7) is 9.42. The predicted octanol–water partition coefficient (Wildman–Crippen LogP) is 5.07. The topological polar surface area (TPSA) is 106 Å². The zero-order chi connectivity index (χ0) is 22.3. The lowest BCUT2D eigenvalue weighted by Gasteiger charge is -2.22. The fourth-order valence-electron chi connectivity index (χ4n) is 2.45. The van der Waals surface area contributed by atoms with E-state index in [2.05, 4.69) is 20.8 Å². The zero-order valence-corrected chi connectivity index (χ0v) is 19.3. The highest BCUT2D eigenvalue weighted by Crippen LogP contribution is 2.25. The van der Waals surface area contributed by atoms with E-state index in [0.29, 0.717) is 17.1 Å². The normalized spacial score (nSPS) is 12.5. The van der Waals surface area contributed by atoms with E-state index in [0.717, 1.165) is 11.8 Å². The van der Waals surface area contributed by atoms with Crippen molar-refractivity contribution >= 4 is 41.1 Å². The number of nitrogens with one attached hydrogen (secondary N) is 2. The Morgan fingerprint density at radius 2 is 2.00 bits per heavy atom. The van der Waals surface area contributed by atoms with Gasteiger partial charge in [-0.05, 0) is 51.3 Å². The lowest BCUT2D eigenvalue weighted by atomic mass is 10.0. The molecule has 1 heterocycles. The smallest absolute Gasteiger partial charge is 0.408 e. The summed E-state index contributed by atoms with van der Waals surface area (Å²) in [6.07, 6.45) is 0.0438. The van der Waals surface area contributed by atoms with Crippen LogP contribution in [0.5, 0.6) is 0 Å². The molecule has 0 aliphatic rings. The Morgan fingerprint density at radius 3 is 2.63 bits per heavy atom. The van der Waals surface area contributed by atoms with Gasteiger partial charge in [-0.15, -0.1) is 10.2 Å². The molecule has 2 N–H and O–H groups in total. The van der Waals surface area contributed by atoms with Gasteiger partial charge in [0.2, 0.25) is 11.8 Å². The average molecular weight is 455 g/mol. The monoisotopic (exact) mass is 454 g/mol. The maximum atomic E-state index is 12.2. The van der Waals surface area contributed by atoms with E-state index in [1.54, 1.807) is 45.0 Å². The maximum Gasteiger partial charge on any atom is 0.408 e. The molecule has 164 valence electrons. The van der Waals surface area contributed by atoms with Crippen LogP contribution in [-0.2, 0) is 9.53 Å². The van der Waals surface area contributed by atoms with Crippen molar-refractivity contribution in [2.75, 3.05) is 11.1 Å². The number of hydrogen-bond acceptors (Lipinski definition) is 7. The van der Waals surface area contributed by atoms with E-state index in [1.165, 1.54) is 0 Å². The summed E-state index contributed by atoms with van der Waals surface area (Å²) >= 11 is 7.02. The van der Waals surface area contributed by atoms with Crippen LogP contribution in [0.3, 0.4) is 0 Å². The Labute approximate surface area is 185 Å². The predicted molar refractivity (Wildman–Crippen MR) is 117 cm³/mol. The molecule has 0 aliphatic heterocycles. The molecule has 10 heteroatoms. The molecular formula is C20H27ClN4O4S. The number of ether oxygens (including phenoxy) is 1. The van der Waals surface area contributed by atoms with E-state index >= 15 is 0 Å². The Morgan fingerprint density at radius 1 is 1.27 bits per heavy atom. The first kappa shape index (κ1) is 24.0. The molecule has 0 fully saturated rings. The van der Waals surface area contributed by atoms with Crippen LogP contribution < -0.4 is 10.6 Å². The van der Waals surface area contributed by atoms with Gasteiger partial charge in [-0.25, -0.2) is 4.79 Å². The summed E-state index contributed by atoms with van der Waals surface area (Å²) in [5.41, 5.74) is -0.00329. The van der Waals surface area contributed by atoms with E-state index in [9.17, 15) is 9.59 Å². The minimum atomic E-state index is -0.612. The van der Waals surface area contributed by atoms with Gasteiger partial charge in [-0.2, -0.15) is 0 Å². The summed E-state index contributed by atoms with van der Waals surface area (Å²) in [5, 5.41) is 14.3. The molecule has 1 aromatic carbocycles. The molecule has 0 saturated carbocycles. The van der Waals surface area contributed by atoms with Crippen LogP contribution in [0.15, 0.2) is 33.9 Å². The first-order valence-electron chi connectivity index (χ1n) is 9.53. The Bertz CT molecular complexity index is 866. The van der Waals surface area contributed by atoms with Gasteiger partial charge < -0.3 is 19.8 Å². The number of rotatable bonds is 8. The quantitative estimate of drug-likeness (QED) is 0.536. The third kappa shape index (κ3) is 8.62. The highest BCUT2D eigenvalue weighted by atomic mass is 35.5. The molecule has 0 bridgehead atoms. The van der Waals surface area contributed by atoms with Gasteiger partial charge in [-0.3, -0.25) is 4.79 Å². The van der Waals surface area contributed by atoms with Crippen LogP contribution in [0, 0.1) is 5.92 Å². The lowest BCUT2D eigenvalue weighted by molar-refractivity contribution is -0.113.